The molecule has 0 aliphatic carbocycles. The average Bonchev–Trinajstić information content (AvgIpc) is 2.51. The van der Waals surface area contributed by atoms with Gasteiger partial charge in [0.15, 0.2) is 5.96 Å². The van der Waals surface area contributed by atoms with E-state index < -0.39 is 0 Å². The van der Waals surface area contributed by atoms with Crippen LogP contribution in [0, 0.1) is 12.8 Å². The van der Waals surface area contributed by atoms with E-state index in [1.165, 1.54) is 11.1 Å². The van der Waals surface area contributed by atoms with E-state index in [1.807, 2.05) is 32.9 Å². The molecule has 0 spiro atoms. The zero-order chi connectivity index (χ0) is 17.2. The number of guanidine groups is 1. The molecule has 0 bridgehead atoms. The first kappa shape index (κ1) is 22.7. The number of rotatable bonds is 7. The third-order valence-electron chi connectivity index (χ3n) is 3.56. The molecule has 0 radical (unpaired) electrons. The van der Waals surface area contributed by atoms with Gasteiger partial charge in [-0.15, -0.1) is 24.0 Å². The van der Waals surface area contributed by atoms with E-state index in [-0.39, 0.29) is 41.8 Å². The van der Waals surface area contributed by atoms with Gasteiger partial charge in [-0.2, -0.15) is 0 Å². The monoisotopic (exact) mass is 446 g/mol. The molecule has 0 aromatic heterocycles. The normalized spacial score (nSPS) is 12.3. The molecule has 0 aliphatic heterocycles. The van der Waals surface area contributed by atoms with E-state index in [2.05, 4.69) is 46.9 Å². The average molecular weight is 446 g/mol. The Morgan fingerprint density at radius 3 is 2.42 bits per heavy atom. The smallest absolute Gasteiger partial charge is 0.222 e. The molecule has 1 unspecified atom stereocenters. The fourth-order valence-corrected chi connectivity index (χ4v) is 2.23. The third-order valence-corrected chi connectivity index (χ3v) is 3.56. The minimum atomic E-state index is 0. The number of halogens is 1. The molecular weight excluding hydrogens is 415 g/mol. The number of aliphatic imine (C=N–C) groups is 1. The molecule has 1 aromatic rings. The van der Waals surface area contributed by atoms with E-state index in [9.17, 15) is 4.79 Å². The van der Waals surface area contributed by atoms with Gasteiger partial charge in [0, 0.05) is 19.0 Å². The van der Waals surface area contributed by atoms with Crippen LogP contribution in [-0.2, 0) is 4.79 Å². The molecule has 24 heavy (non-hydrogen) atoms. The fraction of sp³-hybridized carbons (Fsp3) is 0.556. The van der Waals surface area contributed by atoms with E-state index in [1.54, 1.807) is 0 Å². The lowest BCUT2D eigenvalue weighted by molar-refractivity contribution is -0.123. The maximum atomic E-state index is 11.5. The second-order valence-electron chi connectivity index (χ2n) is 5.93. The summed E-state index contributed by atoms with van der Waals surface area (Å²) in [6, 6.07) is 8.49. The molecule has 1 rings (SSSR count). The summed E-state index contributed by atoms with van der Waals surface area (Å²) in [5.41, 5.74) is 2.51. The highest BCUT2D eigenvalue weighted by Gasteiger charge is 2.10. The van der Waals surface area contributed by atoms with Crippen LogP contribution >= 0.6 is 24.0 Å². The van der Waals surface area contributed by atoms with Gasteiger partial charge in [-0.25, -0.2) is 0 Å². The van der Waals surface area contributed by atoms with E-state index in [0.29, 0.717) is 13.1 Å². The summed E-state index contributed by atoms with van der Waals surface area (Å²) in [5.74, 6) is 0.833. The summed E-state index contributed by atoms with van der Waals surface area (Å²) in [4.78, 5) is 16.0. The van der Waals surface area contributed by atoms with Gasteiger partial charge < -0.3 is 16.0 Å². The molecule has 5 nitrogen and oxygen atoms in total. The van der Waals surface area contributed by atoms with Gasteiger partial charge in [-0.1, -0.05) is 38.1 Å². The standard InChI is InChI=1S/C18H30N4O.HI/c1-6-19-18(21-12-11-20-17(23)13(2)3)22-15(5)16-10-8-7-9-14(16)4;/h7-10,13,15H,6,11-12H2,1-5H3,(H,20,23)(H2,19,21,22);1H. The predicted octanol–water partition coefficient (Wildman–Crippen LogP) is 3.00. The number of benzene rings is 1. The molecule has 0 heterocycles. The number of hydrogen-bond acceptors (Lipinski definition) is 2. The Morgan fingerprint density at radius 1 is 1.17 bits per heavy atom. The second kappa shape index (κ2) is 12.1. The summed E-state index contributed by atoms with van der Waals surface area (Å²) >= 11 is 0. The Balaban J connectivity index is 0.00000529. The van der Waals surface area contributed by atoms with Crippen molar-refractivity contribution in [3.63, 3.8) is 0 Å². The molecule has 0 saturated carbocycles. The lowest BCUT2D eigenvalue weighted by atomic mass is 10.0. The van der Waals surface area contributed by atoms with Gasteiger partial charge in [0.1, 0.15) is 0 Å². The maximum Gasteiger partial charge on any atom is 0.222 e. The van der Waals surface area contributed by atoms with Crippen LogP contribution in [0.1, 0.15) is 44.9 Å². The second-order valence-corrected chi connectivity index (χ2v) is 5.93. The van der Waals surface area contributed by atoms with Gasteiger partial charge in [-0.3, -0.25) is 9.79 Å². The van der Waals surface area contributed by atoms with Gasteiger partial charge >= 0.3 is 0 Å². The van der Waals surface area contributed by atoms with Crippen molar-refractivity contribution in [2.75, 3.05) is 19.6 Å². The minimum absolute atomic E-state index is 0. The zero-order valence-electron chi connectivity index (χ0n) is 15.3. The van der Waals surface area contributed by atoms with Crippen LogP contribution in [0.3, 0.4) is 0 Å². The molecule has 136 valence electrons. The van der Waals surface area contributed by atoms with E-state index in [4.69, 9.17) is 0 Å². The number of carbonyl (C=O) groups is 1. The van der Waals surface area contributed by atoms with Gasteiger partial charge in [0.25, 0.3) is 0 Å². The number of amides is 1. The SMILES string of the molecule is CCNC(=NCCNC(=O)C(C)C)NC(C)c1ccccc1C.I. The maximum absolute atomic E-state index is 11.5. The molecule has 1 amide bonds. The molecule has 0 aliphatic rings. The molecule has 3 N–H and O–H groups in total. The number of nitrogens with zero attached hydrogens (tertiary/aromatic N) is 1. The van der Waals surface area contributed by atoms with Crippen LogP contribution in [-0.4, -0.2) is 31.5 Å². The lowest BCUT2D eigenvalue weighted by Gasteiger charge is -2.19. The van der Waals surface area contributed by atoms with Crippen molar-refractivity contribution >= 4 is 35.8 Å². The van der Waals surface area contributed by atoms with Gasteiger partial charge in [-0.05, 0) is 31.9 Å². The Hall–Kier alpha value is -1.31. The highest BCUT2D eigenvalue weighted by molar-refractivity contribution is 14.0. The van der Waals surface area contributed by atoms with Crippen molar-refractivity contribution in [2.24, 2.45) is 10.9 Å². The zero-order valence-corrected chi connectivity index (χ0v) is 17.7. The highest BCUT2D eigenvalue weighted by atomic mass is 127. The van der Waals surface area contributed by atoms with Crippen molar-refractivity contribution in [1.82, 2.24) is 16.0 Å². The largest absolute Gasteiger partial charge is 0.357 e. The molecule has 1 atom stereocenters. The first-order chi connectivity index (χ1) is 11.0. The van der Waals surface area contributed by atoms with Crippen molar-refractivity contribution in [3.8, 4) is 0 Å². The molecule has 1 aromatic carbocycles. The molecule has 0 saturated heterocycles. The third kappa shape index (κ3) is 7.99. The van der Waals surface area contributed by atoms with Gasteiger partial charge in [0.2, 0.25) is 5.91 Å². The number of hydrogen-bond donors (Lipinski definition) is 3. The number of aryl methyl sites for hydroxylation is 1. The molecule has 0 fully saturated rings. The topological polar surface area (TPSA) is 65.5 Å². The lowest BCUT2D eigenvalue weighted by Crippen LogP contribution is -2.39. The summed E-state index contributed by atoms with van der Waals surface area (Å²) in [6.45, 7) is 11.9. The number of nitrogens with one attached hydrogen (secondary N) is 3. The highest BCUT2D eigenvalue weighted by Crippen LogP contribution is 2.16. The van der Waals surface area contributed by atoms with Crippen LogP contribution < -0.4 is 16.0 Å². The van der Waals surface area contributed by atoms with Crippen LogP contribution in [0.4, 0.5) is 0 Å². The molecule has 6 heteroatoms. The first-order valence-electron chi connectivity index (χ1n) is 8.33. The van der Waals surface area contributed by atoms with Crippen molar-refractivity contribution in [1.29, 1.82) is 0 Å². The Bertz CT molecular complexity index is 532. The summed E-state index contributed by atoms with van der Waals surface area (Å²) in [6.07, 6.45) is 0. The van der Waals surface area contributed by atoms with Crippen LogP contribution in [0.25, 0.3) is 0 Å². The fourth-order valence-electron chi connectivity index (χ4n) is 2.23. The van der Waals surface area contributed by atoms with Crippen molar-refractivity contribution in [2.45, 2.75) is 40.7 Å². The Morgan fingerprint density at radius 2 is 1.83 bits per heavy atom. The van der Waals surface area contributed by atoms with Gasteiger partial charge in [0.05, 0.1) is 12.6 Å². The van der Waals surface area contributed by atoms with Crippen LogP contribution in [0.2, 0.25) is 0 Å². The number of carbonyl (C=O) groups excluding carboxylic acids is 1. The predicted molar refractivity (Wildman–Crippen MR) is 112 cm³/mol. The molecular formula is C18H31IN4O. The Kier molecular flexibility index (Phi) is 11.4. The summed E-state index contributed by atoms with van der Waals surface area (Å²) in [5, 5.41) is 9.52. The van der Waals surface area contributed by atoms with Crippen LogP contribution in [0.5, 0.6) is 0 Å². The van der Waals surface area contributed by atoms with Crippen molar-refractivity contribution in [3.05, 3.63) is 35.4 Å². The van der Waals surface area contributed by atoms with Crippen LogP contribution in [0.15, 0.2) is 29.3 Å². The van der Waals surface area contributed by atoms with E-state index >= 15 is 0 Å². The minimum Gasteiger partial charge on any atom is -0.357 e. The summed E-state index contributed by atoms with van der Waals surface area (Å²) < 4.78 is 0. The summed E-state index contributed by atoms with van der Waals surface area (Å²) in [7, 11) is 0. The quantitative estimate of drug-likeness (QED) is 0.261. The first-order valence-corrected chi connectivity index (χ1v) is 8.33. The van der Waals surface area contributed by atoms with E-state index in [0.717, 1.165) is 12.5 Å². The van der Waals surface area contributed by atoms with Crippen molar-refractivity contribution < 1.29 is 4.79 Å². The Labute approximate surface area is 163 Å².